The van der Waals surface area contributed by atoms with Crippen LogP contribution in [0, 0.1) is 0 Å². The molecule has 0 spiro atoms. The number of fused-ring (bicyclic) bond motifs is 5. The van der Waals surface area contributed by atoms with E-state index in [1.165, 1.54) is 27.1 Å². The summed E-state index contributed by atoms with van der Waals surface area (Å²) in [6.45, 7) is 4.67. The quantitative estimate of drug-likeness (QED) is 0.144. The van der Waals surface area contributed by atoms with Crippen LogP contribution in [0.4, 0.5) is 34.1 Å². The van der Waals surface area contributed by atoms with Gasteiger partial charge in [0.15, 0.2) is 0 Å². The SMILES string of the molecule is C=C1c2ccccc2/C=C\CSc2cc(-c3cc(N(c4ccccc4)c4ccc(-c5ccccc5)cc4)cc(N(c4ccc(-c5ccccc5)cc4)c4ccc5oc6ccccc6c5c4)c3)ccc21. The summed E-state index contributed by atoms with van der Waals surface area (Å²) < 4.78 is 6.38. The summed E-state index contributed by atoms with van der Waals surface area (Å²) in [7, 11) is 0. The van der Waals surface area contributed by atoms with E-state index in [9.17, 15) is 0 Å². The van der Waals surface area contributed by atoms with E-state index in [0.717, 1.165) is 95.2 Å². The molecule has 1 aromatic heterocycles. The van der Waals surface area contributed by atoms with Crippen LogP contribution in [0.1, 0.15) is 16.7 Å². The lowest BCUT2D eigenvalue weighted by Gasteiger charge is -2.30. The molecule has 3 nitrogen and oxygen atoms in total. The first kappa shape index (κ1) is 41.8. The van der Waals surface area contributed by atoms with Crippen LogP contribution in [-0.2, 0) is 0 Å². The average Bonchev–Trinajstić information content (AvgIpc) is 3.81. The number of hydrogen-bond donors (Lipinski definition) is 0. The van der Waals surface area contributed by atoms with E-state index in [1.54, 1.807) is 0 Å². The van der Waals surface area contributed by atoms with Gasteiger partial charge in [0.1, 0.15) is 11.2 Å². The van der Waals surface area contributed by atoms with E-state index in [4.69, 9.17) is 4.42 Å². The number of hydrogen-bond acceptors (Lipinski definition) is 4. The van der Waals surface area contributed by atoms with Crippen LogP contribution in [0.25, 0.3) is 67.0 Å². The molecule has 1 aliphatic rings. The minimum absolute atomic E-state index is 0.849. The van der Waals surface area contributed by atoms with Gasteiger partial charge in [-0.2, -0.15) is 0 Å². The molecule has 0 radical (unpaired) electrons. The van der Waals surface area contributed by atoms with Crippen molar-refractivity contribution in [1.82, 2.24) is 0 Å². The van der Waals surface area contributed by atoms with Crippen LogP contribution in [0.5, 0.6) is 0 Å². The highest BCUT2D eigenvalue weighted by Gasteiger charge is 2.22. The zero-order valence-electron chi connectivity index (χ0n) is 37.9. The number of rotatable bonds is 9. The number of anilines is 6. The van der Waals surface area contributed by atoms with Gasteiger partial charge in [-0.05, 0) is 141 Å². The van der Waals surface area contributed by atoms with Crippen molar-refractivity contribution in [3.05, 3.63) is 272 Å². The molecule has 0 amide bonds. The van der Waals surface area contributed by atoms with Gasteiger partial charge in [0.2, 0.25) is 0 Å². The van der Waals surface area contributed by atoms with Gasteiger partial charge in [-0.3, -0.25) is 0 Å². The van der Waals surface area contributed by atoms with Crippen LogP contribution in [0.3, 0.4) is 0 Å². The van der Waals surface area contributed by atoms with E-state index in [0.29, 0.717) is 0 Å². The van der Waals surface area contributed by atoms with Crippen molar-refractivity contribution >= 4 is 79.5 Å². The maximum absolute atomic E-state index is 6.38. The van der Waals surface area contributed by atoms with E-state index in [-0.39, 0.29) is 0 Å². The smallest absolute Gasteiger partial charge is 0.135 e. The highest BCUT2D eigenvalue weighted by Crippen LogP contribution is 2.46. The van der Waals surface area contributed by atoms with Crippen molar-refractivity contribution in [3.63, 3.8) is 0 Å². The van der Waals surface area contributed by atoms with Crippen molar-refractivity contribution in [3.8, 4) is 33.4 Å². The number of thioether (sulfide) groups is 1. The molecule has 0 saturated carbocycles. The first-order valence-corrected chi connectivity index (χ1v) is 24.3. The molecule has 10 aromatic carbocycles. The van der Waals surface area contributed by atoms with Crippen LogP contribution in [0.15, 0.2) is 265 Å². The molecule has 4 heteroatoms. The van der Waals surface area contributed by atoms with E-state index in [2.05, 4.69) is 259 Å². The lowest BCUT2D eigenvalue weighted by molar-refractivity contribution is 0.669. The van der Waals surface area contributed by atoms with Crippen molar-refractivity contribution in [2.75, 3.05) is 15.6 Å². The van der Waals surface area contributed by atoms with Crippen LogP contribution >= 0.6 is 11.8 Å². The Labute approximate surface area is 407 Å². The zero-order valence-corrected chi connectivity index (χ0v) is 38.7. The molecule has 0 bridgehead atoms. The summed E-state index contributed by atoms with van der Waals surface area (Å²) in [6.07, 6.45) is 4.49. The Hall–Kier alpha value is -8.57. The maximum Gasteiger partial charge on any atom is 0.135 e. The van der Waals surface area contributed by atoms with Gasteiger partial charge in [-0.25, -0.2) is 0 Å². The molecule has 0 unspecified atom stereocenters. The standard InChI is InChI=1S/C65H46N2OS/c1-45-59-24-12-11-20-50(59)21-15-39-69-65-42-51(31-37-60(45)65)52-40-57(66(53-22-9-4-10-23-53)54-32-27-48(28-33-54)46-16-5-2-6-17-46)43-58(41-52)67(55-34-29-49(30-35-55)47-18-7-3-8-19-47)56-36-38-64-62(44-56)61-25-13-14-26-63(61)68-64/h2-38,40-44H,1,39H2/b21-15-. The van der Waals surface area contributed by atoms with Gasteiger partial charge >= 0.3 is 0 Å². The Balaban J connectivity index is 1.08. The van der Waals surface area contributed by atoms with Gasteiger partial charge < -0.3 is 14.2 Å². The van der Waals surface area contributed by atoms with E-state index in [1.807, 2.05) is 23.9 Å². The zero-order chi connectivity index (χ0) is 46.1. The first-order valence-electron chi connectivity index (χ1n) is 23.4. The summed E-state index contributed by atoms with van der Waals surface area (Å²) in [5.74, 6) is 0.849. The Kier molecular flexibility index (Phi) is 11.1. The van der Waals surface area contributed by atoms with Crippen molar-refractivity contribution in [2.24, 2.45) is 0 Å². The number of benzene rings is 10. The largest absolute Gasteiger partial charge is 0.456 e. The van der Waals surface area contributed by atoms with E-state index >= 15 is 0 Å². The maximum atomic E-state index is 6.38. The molecular formula is C65H46N2OS. The fraction of sp³-hybridized carbons (Fsp3) is 0.0154. The van der Waals surface area contributed by atoms with Crippen molar-refractivity contribution in [1.29, 1.82) is 0 Å². The first-order chi connectivity index (χ1) is 34.1. The predicted octanol–water partition coefficient (Wildman–Crippen LogP) is 18.7. The van der Waals surface area contributed by atoms with Crippen molar-refractivity contribution in [2.45, 2.75) is 4.90 Å². The lowest BCUT2D eigenvalue weighted by atomic mass is 9.93. The third-order valence-corrected chi connectivity index (χ3v) is 14.1. The molecular weight excluding hydrogens is 857 g/mol. The normalized spacial score (nSPS) is 12.7. The second kappa shape index (κ2) is 18.3. The third kappa shape index (κ3) is 8.22. The summed E-state index contributed by atoms with van der Waals surface area (Å²) in [5, 5.41) is 2.16. The molecule has 1 aliphatic heterocycles. The number of nitrogens with zero attached hydrogens (tertiary/aromatic N) is 2. The van der Waals surface area contributed by atoms with Crippen molar-refractivity contribution < 1.29 is 4.42 Å². The fourth-order valence-corrected chi connectivity index (χ4v) is 10.6. The molecule has 0 N–H and O–H groups in total. The average molecular weight is 903 g/mol. The molecule has 0 aliphatic carbocycles. The molecule has 0 atom stereocenters. The monoisotopic (exact) mass is 902 g/mol. The molecule has 2 heterocycles. The summed E-state index contributed by atoms with van der Waals surface area (Å²) in [4.78, 5) is 5.97. The Morgan fingerprint density at radius 2 is 0.884 bits per heavy atom. The molecule has 12 rings (SSSR count). The lowest BCUT2D eigenvalue weighted by Crippen LogP contribution is -2.13. The van der Waals surface area contributed by atoms with Gasteiger partial charge in [0.25, 0.3) is 0 Å². The Morgan fingerprint density at radius 1 is 0.362 bits per heavy atom. The van der Waals surface area contributed by atoms with E-state index < -0.39 is 0 Å². The highest BCUT2D eigenvalue weighted by atomic mass is 32.2. The summed E-state index contributed by atoms with van der Waals surface area (Å²) in [5.41, 5.74) is 19.4. The minimum atomic E-state index is 0.849. The molecule has 0 fully saturated rings. The third-order valence-electron chi connectivity index (χ3n) is 13.1. The number of para-hydroxylation sites is 2. The highest BCUT2D eigenvalue weighted by molar-refractivity contribution is 7.99. The number of furan rings is 1. The Bertz CT molecular complexity index is 3670. The second-order valence-electron chi connectivity index (χ2n) is 17.3. The van der Waals surface area contributed by atoms with Crippen LogP contribution in [-0.4, -0.2) is 5.75 Å². The molecule has 11 aromatic rings. The predicted molar refractivity (Wildman–Crippen MR) is 294 cm³/mol. The van der Waals surface area contributed by atoms with Crippen LogP contribution < -0.4 is 9.80 Å². The fourth-order valence-electron chi connectivity index (χ4n) is 9.66. The second-order valence-corrected chi connectivity index (χ2v) is 18.4. The van der Waals surface area contributed by atoms with Gasteiger partial charge in [0.05, 0.1) is 0 Å². The molecule has 328 valence electrons. The van der Waals surface area contributed by atoms with Crippen LogP contribution in [0.2, 0.25) is 0 Å². The summed E-state index contributed by atoms with van der Waals surface area (Å²) >= 11 is 1.85. The minimum Gasteiger partial charge on any atom is -0.456 e. The molecule has 69 heavy (non-hydrogen) atoms. The summed E-state index contributed by atoms with van der Waals surface area (Å²) in [6, 6.07) is 87.1. The van der Waals surface area contributed by atoms with Gasteiger partial charge in [-0.1, -0.05) is 176 Å². The molecule has 0 saturated heterocycles. The van der Waals surface area contributed by atoms with Gasteiger partial charge in [0, 0.05) is 55.5 Å². The van der Waals surface area contributed by atoms with Gasteiger partial charge in [-0.15, -0.1) is 11.8 Å². The Morgan fingerprint density at radius 3 is 1.57 bits per heavy atom. The topological polar surface area (TPSA) is 19.6 Å².